The Morgan fingerprint density at radius 2 is 1.13 bits per heavy atom. The van der Waals surface area contributed by atoms with E-state index in [9.17, 15) is 9.59 Å². The number of ether oxygens (including phenoxy) is 4. The molecule has 160 valence electrons. The third-order valence-corrected chi connectivity index (χ3v) is 4.75. The molecule has 0 unspecified atom stereocenters. The summed E-state index contributed by atoms with van der Waals surface area (Å²) in [6.07, 6.45) is 2.52. The highest BCUT2D eigenvalue weighted by Crippen LogP contribution is 2.42. The second kappa shape index (κ2) is 10.4. The molecule has 0 heterocycles. The van der Waals surface area contributed by atoms with Crippen LogP contribution in [0.25, 0.3) is 5.57 Å². The molecule has 0 N–H and O–H groups in total. The molecule has 0 atom stereocenters. The van der Waals surface area contributed by atoms with Gasteiger partial charge in [-0.05, 0) is 36.3 Å². The molecule has 0 amide bonds. The molecule has 6 nitrogen and oxygen atoms in total. The van der Waals surface area contributed by atoms with Crippen LogP contribution in [0.3, 0.4) is 0 Å². The van der Waals surface area contributed by atoms with E-state index < -0.39 is 11.9 Å². The number of hydrogen-bond donors (Lipinski definition) is 0. The first-order valence-corrected chi connectivity index (χ1v) is 9.71. The molecule has 0 aliphatic carbocycles. The van der Waals surface area contributed by atoms with Crippen LogP contribution in [0.2, 0.25) is 10.0 Å². The van der Waals surface area contributed by atoms with Crippen LogP contribution in [-0.4, -0.2) is 40.4 Å². The van der Waals surface area contributed by atoms with Gasteiger partial charge in [0.15, 0.2) is 0 Å². The molecule has 0 radical (unpaired) electrons. The quantitative estimate of drug-likeness (QED) is 0.521. The van der Waals surface area contributed by atoms with E-state index in [0.717, 1.165) is 0 Å². The average Bonchev–Trinajstić information content (AvgIpc) is 2.74. The van der Waals surface area contributed by atoms with Gasteiger partial charge in [-0.25, -0.2) is 9.59 Å². The SMILES string of the molecule is CCC=C(c1cc(Cl)cc(C(=O)OC)c1OC)c1cc(Cl)cc(C(=O)OC)c1OC. The fraction of sp³-hybridized carbons (Fsp3) is 0.273. The molecule has 2 aromatic carbocycles. The van der Waals surface area contributed by atoms with Crippen LogP contribution in [0.15, 0.2) is 30.3 Å². The molecule has 0 saturated carbocycles. The Morgan fingerprint density at radius 1 is 0.767 bits per heavy atom. The van der Waals surface area contributed by atoms with E-state index in [1.54, 1.807) is 12.1 Å². The van der Waals surface area contributed by atoms with Crippen LogP contribution in [0.1, 0.15) is 45.2 Å². The van der Waals surface area contributed by atoms with Crippen molar-refractivity contribution in [2.75, 3.05) is 28.4 Å². The third kappa shape index (κ3) is 4.71. The predicted molar refractivity (Wildman–Crippen MR) is 116 cm³/mol. The molecular weight excluding hydrogens is 431 g/mol. The van der Waals surface area contributed by atoms with E-state index in [-0.39, 0.29) is 22.6 Å². The zero-order valence-electron chi connectivity index (χ0n) is 17.3. The Morgan fingerprint density at radius 3 is 1.43 bits per heavy atom. The second-order valence-corrected chi connectivity index (χ2v) is 6.95. The topological polar surface area (TPSA) is 71.1 Å². The number of carbonyl (C=O) groups is 2. The van der Waals surface area contributed by atoms with Gasteiger partial charge in [-0.2, -0.15) is 0 Å². The van der Waals surface area contributed by atoms with E-state index in [1.807, 2.05) is 13.0 Å². The van der Waals surface area contributed by atoms with E-state index in [1.165, 1.54) is 40.6 Å². The average molecular weight is 453 g/mol. The molecule has 0 spiro atoms. The van der Waals surface area contributed by atoms with Crippen molar-refractivity contribution >= 4 is 40.7 Å². The van der Waals surface area contributed by atoms with Gasteiger partial charge in [-0.3, -0.25) is 0 Å². The van der Waals surface area contributed by atoms with Crippen LogP contribution in [0.4, 0.5) is 0 Å². The highest BCUT2D eigenvalue weighted by Gasteiger charge is 2.25. The summed E-state index contributed by atoms with van der Waals surface area (Å²) >= 11 is 12.6. The number of carbonyl (C=O) groups excluding carboxylic acids is 2. The zero-order valence-corrected chi connectivity index (χ0v) is 18.8. The lowest BCUT2D eigenvalue weighted by atomic mass is 9.92. The molecule has 2 rings (SSSR count). The molecule has 0 bridgehead atoms. The van der Waals surface area contributed by atoms with Gasteiger partial charge in [-0.15, -0.1) is 0 Å². The van der Waals surface area contributed by atoms with Gasteiger partial charge in [0, 0.05) is 21.2 Å². The molecule has 2 aromatic rings. The van der Waals surface area contributed by atoms with E-state index >= 15 is 0 Å². The lowest BCUT2D eigenvalue weighted by molar-refractivity contribution is 0.0588. The summed E-state index contributed by atoms with van der Waals surface area (Å²) in [4.78, 5) is 24.6. The van der Waals surface area contributed by atoms with Gasteiger partial charge < -0.3 is 18.9 Å². The minimum Gasteiger partial charge on any atom is -0.495 e. The van der Waals surface area contributed by atoms with Gasteiger partial charge in [0.2, 0.25) is 0 Å². The number of allylic oxidation sites excluding steroid dienone is 1. The minimum atomic E-state index is -0.597. The second-order valence-electron chi connectivity index (χ2n) is 6.08. The normalized spacial score (nSPS) is 10.2. The number of esters is 2. The first-order chi connectivity index (χ1) is 14.3. The van der Waals surface area contributed by atoms with Crippen molar-refractivity contribution in [1.29, 1.82) is 0 Å². The van der Waals surface area contributed by atoms with E-state index in [4.69, 9.17) is 42.1 Å². The summed E-state index contributed by atoms with van der Waals surface area (Å²) < 4.78 is 20.8. The zero-order chi connectivity index (χ0) is 22.4. The fourth-order valence-electron chi connectivity index (χ4n) is 3.12. The maximum atomic E-state index is 12.3. The Balaban J connectivity index is 2.91. The van der Waals surface area contributed by atoms with Gasteiger partial charge in [0.05, 0.1) is 28.4 Å². The van der Waals surface area contributed by atoms with Gasteiger partial charge in [-0.1, -0.05) is 36.2 Å². The highest BCUT2D eigenvalue weighted by molar-refractivity contribution is 6.32. The summed E-state index contributed by atoms with van der Waals surface area (Å²) in [5.41, 5.74) is 1.98. The number of halogens is 2. The van der Waals surface area contributed by atoms with Crippen molar-refractivity contribution < 1.29 is 28.5 Å². The minimum absolute atomic E-state index is 0.165. The maximum Gasteiger partial charge on any atom is 0.341 e. The fourth-order valence-corrected chi connectivity index (χ4v) is 3.56. The first kappa shape index (κ1) is 23.6. The molecule has 30 heavy (non-hydrogen) atoms. The van der Waals surface area contributed by atoms with Crippen molar-refractivity contribution in [2.24, 2.45) is 0 Å². The molecular formula is C22H22Cl2O6. The lowest BCUT2D eigenvalue weighted by Gasteiger charge is -2.19. The Labute approximate surface area is 185 Å². The molecule has 0 fully saturated rings. The molecule has 0 aliphatic heterocycles. The summed E-state index contributed by atoms with van der Waals surface area (Å²) in [7, 11) is 5.43. The van der Waals surface area contributed by atoms with Crippen molar-refractivity contribution in [3.63, 3.8) is 0 Å². The number of benzene rings is 2. The van der Waals surface area contributed by atoms with Crippen molar-refractivity contribution in [1.82, 2.24) is 0 Å². The first-order valence-electron chi connectivity index (χ1n) is 8.95. The van der Waals surface area contributed by atoms with Crippen molar-refractivity contribution in [2.45, 2.75) is 13.3 Å². The highest BCUT2D eigenvalue weighted by atomic mass is 35.5. The smallest absolute Gasteiger partial charge is 0.341 e. The monoisotopic (exact) mass is 452 g/mol. The van der Waals surface area contributed by atoms with Crippen LogP contribution in [0.5, 0.6) is 11.5 Å². The summed E-state index contributed by atoms with van der Waals surface area (Å²) in [5, 5.41) is 0.616. The van der Waals surface area contributed by atoms with Crippen LogP contribution in [0, 0.1) is 0 Å². The standard InChI is InChI=1S/C22H22Cl2O6/c1-6-7-14(15-8-12(23)10-17(19(15)27-2)21(25)29-4)16-9-13(24)11-18(20(16)28-3)22(26)30-5/h7-11H,6H2,1-5H3. The predicted octanol–water partition coefficient (Wildman–Crippen LogP) is 5.43. The largest absolute Gasteiger partial charge is 0.495 e. The molecule has 0 saturated heterocycles. The summed E-state index contributed by atoms with van der Waals surface area (Å²) in [5.74, 6) is -0.653. The van der Waals surface area contributed by atoms with E-state index in [2.05, 4.69) is 0 Å². The number of hydrogen-bond acceptors (Lipinski definition) is 6. The Kier molecular flexibility index (Phi) is 8.15. The van der Waals surface area contributed by atoms with Gasteiger partial charge >= 0.3 is 11.9 Å². The summed E-state index contributed by atoms with van der Waals surface area (Å²) in [6.45, 7) is 1.94. The van der Waals surface area contributed by atoms with Crippen LogP contribution >= 0.6 is 23.2 Å². The molecule has 0 aromatic heterocycles. The lowest BCUT2D eigenvalue weighted by Crippen LogP contribution is -2.09. The molecule has 8 heteroatoms. The van der Waals surface area contributed by atoms with Crippen LogP contribution in [-0.2, 0) is 9.47 Å². The Bertz CT molecular complexity index is 922. The Hall–Kier alpha value is -2.70. The number of rotatable bonds is 7. The maximum absolute atomic E-state index is 12.3. The number of methoxy groups -OCH3 is 4. The van der Waals surface area contributed by atoms with Gasteiger partial charge in [0.1, 0.15) is 22.6 Å². The van der Waals surface area contributed by atoms with E-state index in [0.29, 0.717) is 33.2 Å². The van der Waals surface area contributed by atoms with Gasteiger partial charge in [0.25, 0.3) is 0 Å². The van der Waals surface area contributed by atoms with Crippen LogP contribution < -0.4 is 9.47 Å². The van der Waals surface area contributed by atoms with Crippen molar-refractivity contribution in [3.05, 3.63) is 62.6 Å². The van der Waals surface area contributed by atoms with Crippen molar-refractivity contribution in [3.8, 4) is 11.5 Å². The molecule has 0 aliphatic rings. The third-order valence-electron chi connectivity index (χ3n) is 4.31. The summed E-state index contributed by atoms with van der Waals surface area (Å²) in [6, 6.07) is 6.25.